The molecule has 2 aromatic rings. The highest BCUT2D eigenvalue weighted by molar-refractivity contribution is 5.60. The van der Waals surface area contributed by atoms with E-state index in [1.807, 2.05) is 36.4 Å². The smallest absolute Gasteiger partial charge is 0.101 e. The second-order valence-corrected chi connectivity index (χ2v) is 3.85. The van der Waals surface area contributed by atoms with Crippen LogP contribution in [-0.2, 0) is 0 Å². The first-order chi connectivity index (χ1) is 9.35. The third kappa shape index (κ3) is 3.02. The van der Waals surface area contributed by atoms with Crippen molar-refractivity contribution in [3.8, 4) is 12.1 Å². The van der Waals surface area contributed by atoms with E-state index >= 15 is 0 Å². The number of para-hydroxylation sites is 2. The second kappa shape index (κ2) is 6.09. The Labute approximate surface area is 111 Å². The maximum atomic E-state index is 8.96. The fraction of sp³-hybridized carbons (Fsp3) is 0.0667. The molecular formula is C15H12N4. The van der Waals surface area contributed by atoms with Gasteiger partial charge in [-0.25, -0.2) is 0 Å². The minimum absolute atomic E-state index is 0.442. The zero-order valence-corrected chi connectivity index (χ0v) is 10.2. The van der Waals surface area contributed by atoms with Crippen molar-refractivity contribution in [1.82, 2.24) is 0 Å². The molecule has 0 bridgehead atoms. The quantitative estimate of drug-likeness (QED) is 0.816. The summed E-state index contributed by atoms with van der Waals surface area (Å²) in [6.45, 7) is 0.442. The largest absolute Gasteiger partial charge is 0.367 e. The number of hydrogen-bond donors (Lipinski definition) is 2. The van der Waals surface area contributed by atoms with Crippen molar-refractivity contribution in [3.05, 3.63) is 59.7 Å². The van der Waals surface area contributed by atoms with Crippen molar-refractivity contribution < 1.29 is 0 Å². The summed E-state index contributed by atoms with van der Waals surface area (Å²) in [6.07, 6.45) is 0. The standard InChI is InChI=1S/C15H12N4/c16-9-12-5-1-3-7-14(12)18-11-19-15-8-4-2-6-13(15)10-17/h1-8,18-19H,11H2. The monoisotopic (exact) mass is 248 g/mol. The van der Waals surface area contributed by atoms with E-state index in [1.165, 1.54) is 0 Å². The van der Waals surface area contributed by atoms with E-state index < -0.39 is 0 Å². The molecule has 19 heavy (non-hydrogen) atoms. The lowest BCUT2D eigenvalue weighted by molar-refractivity contribution is 1.21. The van der Waals surface area contributed by atoms with E-state index in [2.05, 4.69) is 22.8 Å². The van der Waals surface area contributed by atoms with Gasteiger partial charge in [-0.2, -0.15) is 10.5 Å². The maximum Gasteiger partial charge on any atom is 0.101 e. The first-order valence-electron chi connectivity index (χ1n) is 5.81. The van der Waals surface area contributed by atoms with E-state index in [-0.39, 0.29) is 0 Å². The average molecular weight is 248 g/mol. The number of anilines is 2. The van der Waals surface area contributed by atoms with Gasteiger partial charge in [-0.15, -0.1) is 0 Å². The normalized spacial score (nSPS) is 9.16. The lowest BCUT2D eigenvalue weighted by Crippen LogP contribution is -2.13. The molecule has 0 saturated heterocycles. The van der Waals surface area contributed by atoms with Crippen LogP contribution in [0.25, 0.3) is 0 Å². The van der Waals surface area contributed by atoms with Gasteiger partial charge in [0.05, 0.1) is 29.2 Å². The molecule has 0 aliphatic rings. The molecule has 4 heteroatoms. The molecule has 2 rings (SSSR count). The summed E-state index contributed by atoms with van der Waals surface area (Å²) in [5, 5.41) is 24.2. The van der Waals surface area contributed by atoms with Crippen molar-refractivity contribution in [2.75, 3.05) is 17.3 Å². The van der Waals surface area contributed by atoms with Crippen LogP contribution in [0.5, 0.6) is 0 Å². The van der Waals surface area contributed by atoms with Crippen LogP contribution in [0.15, 0.2) is 48.5 Å². The minimum atomic E-state index is 0.442. The van der Waals surface area contributed by atoms with Crippen LogP contribution in [0, 0.1) is 22.7 Å². The predicted molar refractivity (Wildman–Crippen MR) is 74.4 cm³/mol. The molecule has 0 amide bonds. The molecule has 0 spiro atoms. The number of nitrogens with zero attached hydrogens (tertiary/aromatic N) is 2. The van der Waals surface area contributed by atoms with Crippen molar-refractivity contribution in [2.24, 2.45) is 0 Å². The highest BCUT2D eigenvalue weighted by atomic mass is 15.1. The van der Waals surface area contributed by atoms with Crippen molar-refractivity contribution >= 4 is 11.4 Å². The molecule has 0 saturated carbocycles. The van der Waals surface area contributed by atoms with Crippen molar-refractivity contribution in [1.29, 1.82) is 10.5 Å². The van der Waals surface area contributed by atoms with Gasteiger partial charge in [-0.05, 0) is 24.3 Å². The molecule has 92 valence electrons. The van der Waals surface area contributed by atoms with Crippen LogP contribution in [0.1, 0.15) is 11.1 Å². The van der Waals surface area contributed by atoms with Gasteiger partial charge in [-0.3, -0.25) is 0 Å². The lowest BCUT2D eigenvalue weighted by atomic mass is 10.2. The SMILES string of the molecule is N#Cc1ccccc1NCNc1ccccc1C#N. The Morgan fingerprint density at radius 2 is 1.16 bits per heavy atom. The second-order valence-electron chi connectivity index (χ2n) is 3.85. The molecule has 0 atom stereocenters. The Hall–Kier alpha value is -2.98. The van der Waals surface area contributed by atoms with Crippen LogP contribution in [0.2, 0.25) is 0 Å². The molecule has 2 aromatic carbocycles. The zero-order chi connectivity index (χ0) is 13.5. The molecule has 0 aromatic heterocycles. The van der Waals surface area contributed by atoms with Gasteiger partial charge < -0.3 is 10.6 Å². The van der Waals surface area contributed by atoms with E-state index in [0.717, 1.165) is 11.4 Å². The Balaban J connectivity index is 2.01. The van der Waals surface area contributed by atoms with Crippen LogP contribution < -0.4 is 10.6 Å². The van der Waals surface area contributed by atoms with Gasteiger partial charge in [0.15, 0.2) is 0 Å². The molecule has 0 aliphatic carbocycles. The van der Waals surface area contributed by atoms with Gasteiger partial charge in [0.25, 0.3) is 0 Å². The van der Waals surface area contributed by atoms with E-state index in [4.69, 9.17) is 10.5 Å². The highest BCUT2D eigenvalue weighted by Crippen LogP contribution is 2.15. The summed E-state index contributed by atoms with van der Waals surface area (Å²) in [5.74, 6) is 0. The Morgan fingerprint density at radius 1 is 0.737 bits per heavy atom. The topological polar surface area (TPSA) is 71.6 Å². The van der Waals surface area contributed by atoms with E-state index in [9.17, 15) is 0 Å². The van der Waals surface area contributed by atoms with Gasteiger partial charge in [-0.1, -0.05) is 24.3 Å². The van der Waals surface area contributed by atoms with Gasteiger partial charge in [0, 0.05) is 0 Å². The zero-order valence-electron chi connectivity index (χ0n) is 10.2. The summed E-state index contributed by atoms with van der Waals surface area (Å²) >= 11 is 0. The molecule has 0 heterocycles. The minimum Gasteiger partial charge on any atom is -0.367 e. The third-order valence-electron chi connectivity index (χ3n) is 2.65. The molecule has 0 fully saturated rings. The van der Waals surface area contributed by atoms with Crippen LogP contribution >= 0.6 is 0 Å². The fourth-order valence-corrected chi connectivity index (χ4v) is 1.70. The van der Waals surface area contributed by atoms with Crippen molar-refractivity contribution in [3.63, 3.8) is 0 Å². The van der Waals surface area contributed by atoms with Crippen LogP contribution in [0.3, 0.4) is 0 Å². The van der Waals surface area contributed by atoms with Crippen LogP contribution in [0.4, 0.5) is 11.4 Å². The average Bonchev–Trinajstić information content (AvgIpc) is 2.48. The maximum absolute atomic E-state index is 8.96. The fourth-order valence-electron chi connectivity index (χ4n) is 1.70. The first kappa shape index (κ1) is 12.5. The summed E-state index contributed by atoms with van der Waals surface area (Å²) in [7, 11) is 0. The Bertz CT molecular complexity index is 592. The van der Waals surface area contributed by atoms with Crippen molar-refractivity contribution in [2.45, 2.75) is 0 Å². The number of nitriles is 2. The number of benzene rings is 2. The number of rotatable bonds is 4. The third-order valence-corrected chi connectivity index (χ3v) is 2.65. The summed E-state index contributed by atoms with van der Waals surface area (Å²) in [5.41, 5.74) is 2.73. The van der Waals surface area contributed by atoms with Gasteiger partial charge in [0.1, 0.15) is 12.1 Å². The summed E-state index contributed by atoms with van der Waals surface area (Å²) in [6, 6.07) is 18.8. The first-order valence-corrected chi connectivity index (χ1v) is 5.81. The van der Waals surface area contributed by atoms with E-state index in [0.29, 0.717) is 17.8 Å². The molecule has 0 aliphatic heterocycles. The number of nitrogens with one attached hydrogen (secondary N) is 2. The lowest BCUT2D eigenvalue weighted by Gasteiger charge is -2.11. The van der Waals surface area contributed by atoms with E-state index in [1.54, 1.807) is 12.1 Å². The summed E-state index contributed by atoms with van der Waals surface area (Å²) < 4.78 is 0. The molecule has 0 unspecified atom stereocenters. The Morgan fingerprint density at radius 3 is 1.58 bits per heavy atom. The van der Waals surface area contributed by atoms with Gasteiger partial charge in [0.2, 0.25) is 0 Å². The molecule has 4 nitrogen and oxygen atoms in total. The summed E-state index contributed by atoms with van der Waals surface area (Å²) in [4.78, 5) is 0. The molecular weight excluding hydrogens is 236 g/mol. The Kier molecular flexibility index (Phi) is 4.00. The highest BCUT2D eigenvalue weighted by Gasteiger charge is 2.01. The van der Waals surface area contributed by atoms with Gasteiger partial charge >= 0.3 is 0 Å². The predicted octanol–water partition coefficient (Wildman–Crippen LogP) is 2.91. The molecule has 0 radical (unpaired) electrons. The number of hydrogen-bond acceptors (Lipinski definition) is 4. The molecule has 2 N–H and O–H groups in total. The van der Waals surface area contributed by atoms with Crippen LogP contribution in [-0.4, -0.2) is 6.67 Å².